The van der Waals surface area contributed by atoms with Gasteiger partial charge in [0.2, 0.25) is 0 Å². The predicted octanol–water partition coefficient (Wildman–Crippen LogP) is 6.31. The molecule has 4 rings (SSSR count). The first-order chi connectivity index (χ1) is 15.1. The number of thioether (sulfide) groups is 1. The van der Waals surface area contributed by atoms with Crippen LogP contribution in [0.15, 0.2) is 88.2 Å². The van der Waals surface area contributed by atoms with E-state index in [1.165, 1.54) is 11.8 Å². The van der Waals surface area contributed by atoms with E-state index < -0.39 is 0 Å². The second-order valence-corrected chi connectivity index (χ2v) is 9.14. The molecule has 0 bridgehead atoms. The Bertz CT molecular complexity index is 1130. The Hall–Kier alpha value is -2.61. The van der Waals surface area contributed by atoms with Crippen molar-refractivity contribution in [2.45, 2.75) is 0 Å². The quantitative estimate of drug-likeness (QED) is 0.211. The second kappa shape index (κ2) is 10.1. The van der Waals surface area contributed by atoms with Crippen LogP contribution in [-0.2, 0) is 4.79 Å². The lowest BCUT2D eigenvalue weighted by Gasteiger charge is -2.14. The lowest BCUT2D eigenvalue weighted by molar-refractivity contribution is -0.113. The molecule has 1 fully saturated rings. The second-order valence-electron chi connectivity index (χ2n) is 6.54. The number of hydrogen-bond donors (Lipinski definition) is 0. The SMILES string of the molecule is O=C1/C(=C\c2ccccc2OCCOc2ccccc2)SC(=S)N1c1cccc(Br)c1. The maximum atomic E-state index is 13.0. The van der Waals surface area contributed by atoms with Gasteiger partial charge in [-0.1, -0.05) is 82.4 Å². The minimum absolute atomic E-state index is 0.143. The summed E-state index contributed by atoms with van der Waals surface area (Å²) in [5.41, 5.74) is 1.56. The monoisotopic (exact) mass is 511 g/mol. The van der Waals surface area contributed by atoms with Crippen molar-refractivity contribution in [2.24, 2.45) is 0 Å². The van der Waals surface area contributed by atoms with Crippen LogP contribution in [0.4, 0.5) is 5.69 Å². The zero-order valence-electron chi connectivity index (χ0n) is 16.4. The number of halogens is 1. The van der Waals surface area contributed by atoms with Gasteiger partial charge >= 0.3 is 0 Å². The Morgan fingerprint density at radius 2 is 1.68 bits per heavy atom. The molecule has 1 heterocycles. The molecule has 1 amide bonds. The topological polar surface area (TPSA) is 38.8 Å². The molecule has 3 aromatic rings. The van der Waals surface area contributed by atoms with Crippen molar-refractivity contribution in [3.05, 3.63) is 93.8 Å². The maximum absolute atomic E-state index is 13.0. The third-order valence-electron chi connectivity index (χ3n) is 4.42. The van der Waals surface area contributed by atoms with Crippen molar-refractivity contribution in [3.8, 4) is 11.5 Å². The van der Waals surface area contributed by atoms with E-state index in [-0.39, 0.29) is 5.91 Å². The van der Waals surface area contributed by atoms with Crippen LogP contribution in [0.2, 0.25) is 0 Å². The molecule has 0 atom stereocenters. The van der Waals surface area contributed by atoms with Gasteiger partial charge in [0, 0.05) is 10.0 Å². The Kier molecular flexibility index (Phi) is 7.06. The van der Waals surface area contributed by atoms with Gasteiger partial charge in [0.05, 0.1) is 10.6 Å². The van der Waals surface area contributed by atoms with Gasteiger partial charge in [0.15, 0.2) is 4.32 Å². The summed E-state index contributed by atoms with van der Waals surface area (Å²) in [5.74, 6) is 1.35. The highest BCUT2D eigenvalue weighted by Crippen LogP contribution is 2.37. The molecule has 31 heavy (non-hydrogen) atoms. The van der Waals surface area contributed by atoms with E-state index in [0.717, 1.165) is 21.5 Å². The van der Waals surface area contributed by atoms with Crippen LogP contribution >= 0.6 is 39.9 Å². The molecular formula is C24H18BrNO3S2. The minimum atomic E-state index is -0.143. The van der Waals surface area contributed by atoms with Crippen molar-refractivity contribution in [1.29, 1.82) is 0 Å². The first kappa shape index (κ1) is 21.6. The maximum Gasteiger partial charge on any atom is 0.270 e. The summed E-state index contributed by atoms with van der Waals surface area (Å²) >= 11 is 10.2. The van der Waals surface area contributed by atoms with Crippen molar-refractivity contribution in [3.63, 3.8) is 0 Å². The summed E-state index contributed by atoms with van der Waals surface area (Å²) in [5, 5.41) is 0. The fourth-order valence-corrected chi connectivity index (χ4v) is 4.68. The van der Waals surface area contributed by atoms with Gasteiger partial charge in [0.1, 0.15) is 24.7 Å². The van der Waals surface area contributed by atoms with Crippen molar-refractivity contribution in [2.75, 3.05) is 18.1 Å². The van der Waals surface area contributed by atoms with Crippen LogP contribution in [0.5, 0.6) is 11.5 Å². The predicted molar refractivity (Wildman–Crippen MR) is 134 cm³/mol. The van der Waals surface area contributed by atoms with E-state index in [4.69, 9.17) is 21.7 Å². The van der Waals surface area contributed by atoms with Crippen LogP contribution in [-0.4, -0.2) is 23.4 Å². The number of para-hydroxylation sites is 2. The lowest BCUT2D eigenvalue weighted by atomic mass is 10.2. The standard InChI is InChI=1S/C24H18BrNO3S2/c25-18-8-6-9-19(16-18)26-23(27)22(31-24(26)30)15-17-7-4-5-12-21(17)29-14-13-28-20-10-2-1-3-11-20/h1-12,15-16H,13-14H2/b22-15+. The van der Waals surface area contributed by atoms with Gasteiger partial charge in [-0.25, -0.2) is 0 Å². The Morgan fingerprint density at radius 3 is 2.48 bits per heavy atom. The minimum Gasteiger partial charge on any atom is -0.490 e. The van der Waals surface area contributed by atoms with Crippen LogP contribution in [0.25, 0.3) is 6.08 Å². The summed E-state index contributed by atoms with van der Waals surface area (Å²) in [6, 6.07) is 24.7. The molecule has 0 aliphatic carbocycles. The molecule has 1 aliphatic heterocycles. The van der Waals surface area contributed by atoms with Gasteiger partial charge in [-0.05, 0) is 42.5 Å². The molecule has 3 aromatic carbocycles. The molecule has 156 valence electrons. The lowest BCUT2D eigenvalue weighted by Crippen LogP contribution is -2.27. The van der Waals surface area contributed by atoms with Crippen LogP contribution in [0.3, 0.4) is 0 Å². The number of ether oxygens (including phenoxy) is 2. The molecule has 4 nitrogen and oxygen atoms in total. The zero-order valence-corrected chi connectivity index (χ0v) is 19.6. The third-order valence-corrected chi connectivity index (χ3v) is 6.21. The van der Waals surface area contributed by atoms with Crippen LogP contribution in [0, 0.1) is 0 Å². The molecule has 1 aliphatic rings. The highest BCUT2D eigenvalue weighted by Gasteiger charge is 2.33. The van der Waals surface area contributed by atoms with Gasteiger partial charge in [0.25, 0.3) is 5.91 Å². The molecular weight excluding hydrogens is 494 g/mol. The summed E-state index contributed by atoms with van der Waals surface area (Å²) in [4.78, 5) is 15.1. The van der Waals surface area contributed by atoms with Crippen LogP contribution < -0.4 is 14.4 Å². The van der Waals surface area contributed by atoms with Gasteiger partial charge < -0.3 is 9.47 Å². The largest absolute Gasteiger partial charge is 0.490 e. The number of benzene rings is 3. The Labute approximate surface area is 199 Å². The van der Waals surface area contributed by atoms with E-state index in [1.807, 2.05) is 84.9 Å². The van der Waals surface area contributed by atoms with Crippen molar-refractivity contribution >= 4 is 61.9 Å². The number of carbonyl (C=O) groups excluding carboxylic acids is 1. The number of rotatable bonds is 7. The molecule has 0 aromatic heterocycles. The average molecular weight is 512 g/mol. The summed E-state index contributed by atoms with van der Waals surface area (Å²) in [7, 11) is 0. The number of carbonyl (C=O) groups is 1. The van der Waals surface area contributed by atoms with E-state index in [9.17, 15) is 4.79 Å². The number of thiocarbonyl (C=S) groups is 1. The zero-order chi connectivity index (χ0) is 21.6. The van der Waals surface area contributed by atoms with E-state index >= 15 is 0 Å². The third kappa shape index (κ3) is 5.36. The highest BCUT2D eigenvalue weighted by molar-refractivity contribution is 9.10. The van der Waals surface area contributed by atoms with Crippen molar-refractivity contribution < 1.29 is 14.3 Å². The van der Waals surface area contributed by atoms with E-state index in [0.29, 0.717) is 28.2 Å². The summed E-state index contributed by atoms with van der Waals surface area (Å²) in [6.45, 7) is 0.808. The Morgan fingerprint density at radius 1 is 0.935 bits per heavy atom. The fourth-order valence-electron chi connectivity index (χ4n) is 3.01. The van der Waals surface area contributed by atoms with Gasteiger partial charge in [-0.15, -0.1) is 0 Å². The molecule has 7 heteroatoms. The smallest absolute Gasteiger partial charge is 0.270 e. The summed E-state index contributed by atoms with van der Waals surface area (Å²) < 4.78 is 13.0. The molecule has 0 unspecified atom stereocenters. The molecule has 0 N–H and O–H groups in total. The number of anilines is 1. The molecule has 0 saturated carbocycles. The average Bonchev–Trinajstić information content (AvgIpc) is 3.06. The number of amides is 1. The number of hydrogen-bond acceptors (Lipinski definition) is 5. The van der Waals surface area contributed by atoms with E-state index in [2.05, 4.69) is 15.9 Å². The normalized spacial score (nSPS) is 14.9. The molecule has 0 spiro atoms. The highest BCUT2D eigenvalue weighted by atomic mass is 79.9. The molecule has 1 saturated heterocycles. The first-order valence-electron chi connectivity index (χ1n) is 9.55. The number of nitrogens with zero attached hydrogens (tertiary/aromatic N) is 1. The molecule has 0 radical (unpaired) electrons. The van der Waals surface area contributed by atoms with Crippen molar-refractivity contribution in [1.82, 2.24) is 0 Å². The fraction of sp³-hybridized carbons (Fsp3) is 0.0833. The van der Waals surface area contributed by atoms with Gasteiger partial charge in [-0.2, -0.15) is 0 Å². The Balaban J connectivity index is 1.46. The summed E-state index contributed by atoms with van der Waals surface area (Å²) in [6.07, 6.45) is 1.82. The van der Waals surface area contributed by atoms with Crippen LogP contribution in [0.1, 0.15) is 5.56 Å². The van der Waals surface area contributed by atoms with Gasteiger partial charge in [-0.3, -0.25) is 9.69 Å². The van der Waals surface area contributed by atoms with E-state index in [1.54, 1.807) is 4.90 Å². The first-order valence-corrected chi connectivity index (χ1v) is 11.6.